The Morgan fingerprint density at radius 1 is 1.56 bits per heavy atom. The number of hydrogen-bond acceptors (Lipinski definition) is 3. The maximum atomic E-state index is 13.8. The van der Waals surface area contributed by atoms with E-state index in [0.29, 0.717) is 17.6 Å². The zero-order valence-electron chi connectivity index (χ0n) is 9.04. The monoisotopic (exact) mass is 244 g/mol. The van der Waals surface area contributed by atoms with Crippen LogP contribution in [0.2, 0.25) is 5.15 Å². The third kappa shape index (κ3) is 2.28. The fourth-order valence-corrected chi connectivity index (χ4v) is 2.19. The first-order chi connectivity index (χ1) is 7.72. The molecule has 0 saturated carbocycles. The highest BCUT2D eigenvalue weighted by Gasteiger charge is 2.28. The Morgan fingerprint density at radius 2 is 2.38 bits per heavy atom. The van der Waals surface area contributed by atoms with Crippen LogP contribution in [0.15, 0.2) is 12.1 Å². The molecular formula is C11H14ClFN2O. The number of methoxy groups -OCH3 is 1. The number of hydrogen-bond donors (Lipinski definition) is 1. The molecular weight excluding hydrogens is 231 g/mol. The van der Waals surface area contributed by atoms with Crippen molar-refractivity contribution in [1.82, 2.24) is 10.3 Å². The normalized spacial score (nSPS) is 25.4. The van der Waals surface area contributed by atoms with Gasteiger partial charge >= 0.3 is 0 Å². The van der Waals surface area contributed by atoms with Crippen LogP contribution < -0.4 is 10.1 Å². The summed E-state index contributed by atoms with van der Waals surface area (Å²) in [4.78, 5) is 4.06. The van der Waals surface area contributed by atoms with Gasteiger partial charge in [0.15, 0.2) is 0 Å². The summed E-state index contributed by atoms with van der Waals surface area (Å²) in [6.45, 7) is 1.20. The van der Waals surface area contributed by atoms with Gasteiger partial charge in [0.05, 0.1) is 7.11 Å². The van der Waals surface area contributed by atoms with Gasteiger partial charge < -0.3 is 10.1 Å². The van der Waals surface area contributed by atoms with E-state index >= 15 is 0 Å². The van der Waals surface area contributed by atoms with Crippen LogP contribution in [0, 0.1) is 0 Å². The summed E-state index contributed by atoms with van der Waals surface area (Å²) < 4.78 is 18.9. The van der Waals surface area contributed by atoms with Gasteiger partial charge in [0, 0.05) is 18.0 Å². The molecule has 1 aliphatic rings. The van der Waals surface area contributed by atoms with Gasteiger partial charge in [-0.25, -0.2) is 9.37 Å². The molecule has 0 radical (unpaired) electrons. The number of pyridine rings is 1. The van der Waals surface area contributed by atoms with Gasteiger partial charge in [0.1, 0.15) is 11.3 Å². The van der Waals surface area contributed by atoms with E-state index in [1.807, 2.05) is 0 Å². The van der Waals surface area contributed by atoms with Crippen molar-refractivity contribution in [2.45, 2.75) is 18.5 Å². The summed E-state index contributed by atoms with van der Waals surface area (Å²) >= 11 is 5.77. The first-order valence-corrected chi connectivity index (χ1v) is 5.65. The minimum Gasteiger partial charge on any atom is -0.481 e. The third-order valence-electron chi connectivity index (χ3n) is 2.86. The molecule has 2 heterocycles. The van der Waals surface area contributed by atoms with Crippen molar-refractivity contribution in [2.24, 2.45) is 0 Å². The van der Waals surface area contributed by atoms with Gasteiger partial charge in [0.25, 0.3) is 0 Å². The number of nitrogens with zero attached hydrogens (tertiary/aromatic N) is 1. The first kappa shape index (κ1) is 11.6. The van der Waals surface area contributed by atoms with Crippen LogP contribution in [-0.2, 0) is 0 Å². The minimum absolute atomic E-state index is 0.152. The Balaban J connectivity index is 2.30. The summed E-state index contributed by atoms with van der Waals surface area (Å²) in [5.41, 5.74) is 0.806. The molecule has 88 valence electrons. The third-order valence-corrected chi connectivity index (χ3v) is 3.07. The molecule has 0 aromatic carbocycles. The van der Waals surface area contributed by atoms with E-state index in [9.17, 15) is 4.39 Å². The number of alkyl halides is 1. The maximum absolute atomic E-state index is 13.8. The van der Waals surface area contributed by atoms with Crippen LogP contribution in [0.25, 0.3) is 0 Å². The van der Waals surface area contributed by atoms with Gasteiger partial charge in [0.2, 0.25) is 5.88 Å². The van der Waals surface area contributed by atoms with Crippen molar-refractivity contribution in [1.29, 1.82) is 0 Å². The molecule has 2 unspecified atom stereocenters. The molecule has 0 aliphatic carbocycles. The highest BCUT2D eigenvalue weighted by Crippen LogP contribution is 2.33. The molecule has 5 heteroatoms. The highest BCUT2D eigenvalue weighted by atomic mass is 35.5. The van der Waals surface area contributed by atoms with Crippen molar-refractivity contribution < 1.29 is 9.13 Å². The largest absolute Gasteiger partial charge is 0.481 e. The van der Waals surface area contributed by atoms with E-state index in [0.717, 1.165) is 18.5 Å². The molecule has 1 saturated heterocycles. The van der Waals surface area contributed by atoms with Crippen molar-refractivity contribution in [3.63, 3.8) is 0 Å². The van der Waals surface area contributed by atoms with Crippen LogP contribution in [0.4, 0.5) is 4.39 Å². The molecule has 16 heavy (non-hydrogen) atoms. The van der Waals surface area contributed by atoms with Gasteiger partial charge in [-0.3, -0.25) is 0 Å². The summed E-state index contributed by atoms with van der Waals surface area (Å²) in [5, 5.41) is 3.39. The van der Waals surface area contributed by atoms with Crippen molar-refractivity contribution in [3.05, 3.63) is 22.8 Å². The summed E-state index contributed by atoms with van der Waals surface area (Å²) in [7, 11) is 1.52. The van der Waals surface area contributed by atoms with E-state index in [4.69, 9.17) is 16.3 Å². The van der Waals surface area contributed by atoms with Gasteiger partial charge in [-0.15, -0.1) is 0 Å². The quantitative estimate of drug-likeness (QED) is 0.810. The number of piperidine rings is 1. The number of halogens is 2. The predicted octanol–water partition coefficient (Wildman–Crippen LogP) is 2.16. The standard InChI is InChI=1S/C11H14ClFN2O/c1-16-11-8(2-3-10(12)15-11)7-4-5-14-6-9(7)13/h2-3,7,9,14H,4-6H2,1H3. The molecule has 3 nitrogen and oxygen atoms in total. The Morgan fingerprint density at radius 3 is 3.06 bits per heavy atom. The molecule has 0 bridgehead atoms. The van der Waals surface area contributed by atoms with Crippen LogP contribution in [0.3, 0.4) is 0 Å². The van der Waals surface area contributed by atoms with E-state index in [1.165, 1.54) is 7.11 Å². The number of aromatic nitrogens is 1. The molecule has 0 spiro atoms. The number of rotatable bonds is 2. The molecule has 1 aromatic rings. The summed E-state index contributed by atoms with van der Waals surface area (Å²) in [6.07, 6.45) is -0.147. The molecule has 2 rings (SSSR count). The second-order valence-corrected chi connectivity index (χ2v) is 4.24. The SMILES string of the molecule is COc1nc(Cl)ccc1C1CCNCC1F. The van der Waals surface area contributed by atoms with E-state index in [1.54, 1.807) is 12.1 Å². The average Bonchev–Trinajstić information content (AvgIpc) is 2.30. The Kier molecular flexibility index (Phi) is 3.61. The summed E-state index contributed by atoms with van der Waals surface area (Å²) in [5.74, 6) is 0.281. The Bertz CT molecular complexity index is 375. The molecule has 1 aliphatic heterocycles. The van der Waals surface area contributed by atoms with E-state index < -0.39 is 6.17 Å². The lowest BCUT2D eigenvalue weighted by atomic mass is 9.89. The Hall–Kier alpha value is -0.870. The van der Waals surface area contributed by atoms with Crippen molar-refractivity contribution in [2.75, 3.05) is 20.2 Å². The topological polar surface area (TPSA) is 34.1 Å². The minimum atomic E-state index is -0.898. The Labute approximate surface area is 99.0 Å². The molecule has 1 fully saturated rings. The van der Waals surface area contributed by atoms with E-state index in [-0.39, 0.29) is 5.92 Å². The zero-order chi connectivity index (χ0) is 11.5. The molecule has 2 atom stereocenters. The van der Waals surface area contributed by atoms with Crippen molar-refractivity contribution in [3.8, 4) is 5.88 Å². The van der Waals surface area contributed by atoms with Crippen LogP contribution in [0.5, 0.6) is 5.88 Å². The van der Waals surface area contributed by atoms with Crippen LogP contribution in [0.1, 0.15) is 17.9 Å². The van der Waals surface area contributed by atoms with Gasteiger partial charge in [-0.1, -0.05) is 17.7 Å². The second-order valence-electron chi connectivity index (χ2n) is 3.85. The van der Waals surface area contributed by atoms with Crippen molar-refractivity contribution >= 4 is 11.6 Å². The van der Waals surface area contributed by atoms with E-state index in [2.05, 4.69) is 10.3 Å². The fraction of sp³-hybridized carbons (Fsp3) is 0.545. The molecule has 1 aromatic heterocycles. The fourth-order valence-electron chi connectivity index (χ4n) is 2.05. The highest BCUT2D eigenvalue weighted by molar-refractivity contribution is 6.29. The zero-order valence-corrected chi connectivity index (χ0v) is 9.80. The van der Waals surface area contributed by atoms with Crippen LogP contribution in [-0.4, -0.2) is 31.4 Å². The lowest BCUT2D eigenvalue weighted by Crippen LogP contribution is -2.36. The predicted molar refractivity (Wildman–Crippen MR) is 60.9 cm³/mol. The maximum Gasteiger partial charge on any atom is 0.218 e. The van der Waals surface area contributed by atoms with Gasteiger partial charge in [-0.05, 0) is 19.0 Å². The lowest BCUT2D eigenvalue weighted by molar-refractivity contribution is 0.227. The first-order valence-electron chi connectivity index (χ1n) is 5.27. The number of ether oxygens (including phenoxy) is 1. The molecule has 0 amide bonds. The average molecular weight is 245 g/mol. The summed E-state index contributed by atoms with van der Waals surface area (Å²) in [6, 6.07) is 3.48. The lowest BCUT2D eigenvalue weighted by Gasteiger charge is -2.27. The second kappa shape index (κ2) is 4.97. The number of nitrogens with one attached hydrogen (secondary N) is 1. The van der Waals surface area contributed by atoms with Crippen LogP contribution >= 0.6 is 11.6 Å². The smallest absolute Gasteiger partial charge is 0.218 e. The molecule has 1 N–H and O–H groups in total. The van der Waals surface area contributed by atoms with Gasteiger partial charge in [-0.2, -0.15) is 0 Å².